The van der Waals surface area contributed by atoms with Crippen molar-refractivity contribution in [1.82, 2.24) is 0 Å². The number of hydrogen-bond acceptors (Lipinski definition) is 5. The molecule has 0 unspecified atom stereocenters. The second-order valence-corrected chi connectivity index (χ2v) is 5.19. The fraction of sp³-hybridized carbons (Fsp3) is 0.0526. The normalized spacial score (nSPS) is 10.2. The lowest BCUT2D eigenvalue weighted by Gasteiger charge is -2.06. The lowest BCUT2D eigenvalue weighted by Crippen LogP contribution is -2.22. The Bertz CT molecular complexity index is 868. The fourth-order valence-corrected chi connectivity index (χ4v) is 2.13. The largest absolute Gasteiger partial charge is 0.545 e. The fourth-order valence-electron chi connectivity index (χ4n) is 2.13. The van der Waals surface area contributed by atoms with Crippen molar-refractivity contribution >= 4 is 17.6 Å². The topological polar surface area (TPSA) is 91.6 Å². The molecule has 3 aromatic rings. The number of hydrogen-bond donors (Lipinski definition) is 1. The summed E-state index contributed by atoms with van der Waals surface area (Å²) in [5, 5.41) is 13.3. The van der Waals surface area contributed by atoms with Crippen LogP contribution >= 0.6 is 0 Å². The Morgan fingerprint density at radius 3 is 2.36 bits per heavy atom. The summed E-state index contributed by atoms with van der Waals surface area (Å²) in [6.07, 6.45) is 0. The van der Waals surface area contributed by atoms with Gasteiger partial charge in [-0.15, -0.1) is 0 Å². The van der Waals surface area contributed by atoms with Gasteiger partial charge < -0.3 is 24.4 Å². The van der Waals surface area contributed by atoms with Crippen LogP contribution in [0.25, 0.3) is 0 Å². The molecule has 0 aliphatic heterocycles. The molecule has 0 saturated heterocycles. The standard InChI is InChI=1S/C19H15NO5/c21-18(20-14-8-6-13(7-9-14)19(22)23)17-11-10-16(25-17)12-24-15-4-2-1-3-5-15/h1-11H,12H2,(H,20,21)(H,22,23)/p-1. The molecule has 3 rings (SSSR count). The van der Waals surface area contributed by atoms with Crippen molar-refractivity contribution in [3.8, 4) is 5.75 Å². The average Bonchev–Trinajstić information content (AvgIpc) is 3.10. The zero-order chi connectivity index (χ0) is 17.6. The molecule has 126 valence electrons. The van der Waals surface area contributed by atoms with Crippen LogP contribution < -0.4 is 15.2 Å². The molecule has 25 heavy (non-hydrogen) atoms. The molecule has 0 spiro atoms. The van der Waals surface area contributed by atoms with Crippen LogP contribution in [0.5, 0.6) is 5.75 Å². The van der Waals surface area contributed by atoms with Gasteiger partial charge in [0.25, 0.3) is 5.91 Å². The summed E-state index contributed by atoms with van der Waals surface area (Å²) < 4.78 is 11.0. The Labute approximate surface area is 143 Å². The number of rotatable bonds is 6. The average molecular weight is 336 g/mol. The lowest BCUT2D eigenvalue weighted by molar-refractivity contribution is -0.255. The van der Waals surface area contributed by atoms with E-state index in [-0.39, 0.29) is 17.9 Å². The first-order chi connectivity index (χ1) is 12.1. The third-order valence-corrected chi connectivity index (χ3v) is 3.39. The summed E-state index contributed by atoms with van der Waals surface area (Å²) in [6, 6.07) is 18.1. The minimum Gasteiger partial charge on any atom is -0.545 e. The van der Waals surface area contributed by atoms with Crippen LogP contribution in [-0.2, 0) is 6.61 Å². The highest BCUT2D eigenvalue weighted by atomic mass is 16.5. The molecule has 0 atom stereocenters. The van der Waals surface area contributed by atoms with Gasteiger partial charge in [-0.25, -0.2) is 0 Å². The van der Waals surface area contributed by atoms with Gasteiger partial charge in [-0.2, -0.15) is 0 Å². The number of amides is 1. The van der Waals surface area contributed by atoms with Gasteiger partial charge in [0.15, 0.2) is 5.76 Å². The predicted molar refractivity (Wildman–Crippen MR) is 88.2 cm³/mol. The van der Waals surface area contributed by atoms with Crippen LogP contribution in [0.4, 0.5) is 5.69 Å². The third-order valence-electron chi connectivity index (χ3n) is 3.39. The molecule has 6 heteroatoms. The summed E-state index contributed by atoms with van der Waals surface area (Å²) in [4.78, 5) is 22.8. The molecular formula is C19H14NO5-. The van der Waals surface area contributed by atoms with E-state index in [1.54, 1.807) is 12.1 Å². The van der Waals surface area contributed by atoms with Crippen molar-refractivity contribution < 1.29 is 23.8 Å². The van der Waals surface area contributed by atoms with E-state index in [2.05, 4.69) is 5.32 Å². The minimum absolute atomic E-state index is 0.0383. The molecule has 1 aromatic heterocycles. The van der Waals surface area contributed by atoms with E-state index in [1.165, 1.54) is 24.3 Å². The number of anilines is 1. The van der Waals surface area contributed by atoms with Crippen molar-refractivity contribution in [1.29, 1.82) is 0 Å². The Kier molecular flexibility index (Phi) is 4.80. The summed E-state index contributed by atoms with van der Waals surface area (Å²) >= 11 is 0. The van der Waals surface area contributed by atoms with Gasteiger partial charge in [0.05, 0.1) is 5.97 Å². The van der Waals surface area contributed by atoms with Gasteiger partial charge >= 0.3 is 0 Å². The number of carboxylic acids is 1. The highest BCUT2D eigenvalue weighted by Crippen LogP contribution is 2.16. The third kappa shape index (κ3) is 4.26. The second kappa shape index (κ2) is 7.35. The Balaban J connectivity index is 1.59. The number of benzene rings is 2. The molecule has 0 aliphatic rings. The van der Waals surface area contributed by atoms with Gasteiger partial charge in [-0.05, 0) is 42.0 Å². The predicted octanol–water partition coefficient (Wildman–Crippen LogP) is 2.47. The molecule has 2 aromatic carbocycles. The van der Waals surface area contributed by atoms with Gasteiger partial charge in [0.2, 0.25) is 0 Å². The molecule has 0 radical (unpaired) electrons. The smallest absolute Gasteiger partial charge is 0.291 e. The van der Waals surface area contributed by atoms with E-state index < -0.39 is 11.9 Å². The van der Waals surface area contributed by atoms with E-state index in [0.717, 1.165) is 0 Å². The first kappa shape index (κ1) is 16.3. The summed E-state index contributed by atoms with van der Waals surface area (Å²) in [7, 11) is 0. The SMILES string of the molecule is O=C([O-])c1ccc(NC(=O)c2ccc(COc3ccccc3)o2)cc1. The maximum Gasteiger partial charge on any atom is 0.291 e. The van der Waals surface area contributed by atoms with E-state index >= 15 is 0 Å². The highest BCUT2D eigenvalue weighted by Gasteiger charge is 2.12. The molecule has 6 nitrogen and oxygen atoms in total. The van der Waals surface area contributed by atoms with Crippen LogP contribution in [0.2, 0.25) is 0 Å². The van der Waals surface area contributed by atoms with E-state index in [1.807, 2.05) is 30.3 Å². The summed E-state index contributed by atoms with van der Waals surface area (Å²) in [5.41, 5.74) is 0.491. The second-order valence-electron chi connectivity index (χ2n) is 5.19. The van der Waals surface area contributed by atoms with Crippen LogP contribution in [0.15, 0.2) is 71.1 Å². The summed E-state index contributed by atoms with van der Waals surface area (Å²) in [5.74, 6) is -0.353. The zero-order valence-electron chi connectivity index (χ0n) is 13.1. The number of furan rings is 1. The van der Waals surface area contributed by atoms with Crippen LogP contribution in [0, 0.1) is 0 Å². The number of carbonyl (C=O) groups is 2. The number of carboxylic acid groups (broad SMARTS) is 1. The van der Waals surface area contributed by atoms with Crippen molar-refractivity contribution in [3.63, 3.8) is 0 Å². The van der Waals surface area contributed by atoms with Gasteiger partial charge in [0.1, 0.15) is 18.1 Å². The van der Waals surface area contributed by atoms with Crippen molar-refractivity contribution in [3.05, 3.63) is 83.8 Å². The number of carbonyl (C=O) groups excluding carboxylic acids is 2. The van der Waals surface area contributed by atoms with E-state index in [4.69, 9.17) is 9.15 Å². The van der Waals surface area contributed by atoms with Crippen molar-refractivity contribution in [2.24, 2.45) is 0 Å². The Hall–Kier alpha value is -3.54. The molecule has 0 saturated carbocycles. The number of ether oxygens (including phenoxy) is 1. The monoisotopic (exact) mass is 336 g/mol. The Morgan fingerprint density at radius 2 is 1.68 bits per heavy atom. The maximum atomic E-state index is 12.1. The molecule has 0 aliphatic carbocycles. The van der Waals surface area contributed by atoms with E-state index in [9.17, 15) is 14.7 Å². The number of aromatic carboxylic acids is 1. The molecular weight excluding hydrogens is 322 g/mol. The first-order valence-electron chi connectivity index (χ1n) is 7.51. The molecule has 0 bridgehead atoms. The lowest BCUT2D eigenvalue weighted by atomic mass is 10.2. The molecule has 0 fully saturated rings. The summed E-state index contributed by atoms with van der Waals surface area (Å²) in [6.45, 7) is 0.206. The van der Waals surface area contributed by atoms with Crippen LogP contribution in [0.3, 0.4) is 0 Å². The minimum atomic E-state index is -1.27. The van der Waals surface area contributed by atoms with Gasteiger partial charge in [-0.3, -0.25) is 4.79 Å². The molecule has 1 N–H and O–H groups in total. The van der Waals surface area contributed by atoms with E-state index in [0.29, 0.717) is 17.2 Å². The van der Waals surface area contributed by atoms with Crippen molar-refractivity contribution in [2.75, 3.05) is 5.32 Å². The van der Waals surface area contributed by atoms with Crippen LogP contribution in [0.1, 0.15) is 26.7 Å². The Morgan fingerprint density at radius 1 is 0.960 bits per heavy atom. The van der Waals surface area contributed by atoms with Crippen molar-refractivity contribution in [2.45, 2.75) is 6.61 Å². The van der Waals surface area contributed by atoms with Crippen LogP contribution in [-0.4, -0.2) is 11.9 Å². The maximum absolute atomic E-state index is 12.1. The highest BCUT2D eigenvalue weighted by molar-refractivity contribution is 6.02. The number of nitrogens with one attached hydrogen (secondary N) is 1. The van der Waals surface area contributed by atoms with Gasteiger partial charge in [0, 0.05) is 5.69 Å². The molecule has 1 heterocycles. The number of para-hydroxylation sites is 1. The molecule has 1 amide bonds. The zero-order valence-corrected chi connectivity index (χ0v) is 13.1. The van der Waals surface area contributed by atoms with Gasteiger partial charge in [-0.1, -0.05) is 30.3 Å². The first-order valence-corrected chi connectivity index (χ1v) is 7.51. The quantitative estimate of drug-likeness (QED) is 0.746.